The van der Waals surface area contributed by atoms with Gasteiger partial charge in [0.15, 0.2) is 0 Å². The summed E-state index contributed by atoms with van der Waals surface area (Å²) < 4.78 is 28.6. The molecule has 1 rings (SSSR count). The van der Waals surface area contributed by atoms with Crippen molar-refractivity contribution in [1.29, 1.82) is 0 Å². The number of benzene rings is 1. The molecule has 4 nitrogen and oxygen atoms in total. The molecule has 0 amide bonds. The largest absolute Gasteiger partial charge is 0.326 e. The van der Waals surface area contributed by atoms with E-state index in [1.165, 1.54) is 0 Å². The molecule has 0 heterocycles. The summed E-state index contributed by atoms with van der Waals surface area (Å²) in [4.78, 5) is 0.281. The van der Waals surface area contributed by atoms with E-state index in [0.717, 1.165) is 10.0 Å². The summed E-state index contributed by atoms with van der Waals surface area (Å²) in [6.45, 7) is 9.95. The van der Waals surface area contributed by atoms with Crippen molar-refractivity contribution in [2.45, 2.75) is 52.1 Å². The summed E-state index contributed by atoms with van der Waals surface area (Å²) in [6.07, 6.45) is 0. The zero-order valence-electron chi connectivity index (χ0n) is 12.6. The normalized spacial score (nSPS) is 14.3. The van der Waals surface area contributed by atoms with E-state index in [1.807, 2.05) is 33.8 Å². The monoisotopic (exact) mass is 362 g/mol. The lowest BCUT2D eigenvalue weighted by molar-refractivity contribution is 0.317. The van der Waals surface area contributed by atoms with Gasteiger partial charge in [-0.2, -0.15) is 0 Å². The predicted octanol–water partition coefficient (Wildman–Crippen LogP) is 2.93. The number of nitrogens with one attached hydrogen (secondary N) is 1. The van der Waals surface area contributed by atoms with Crippen molar-refractivity contribution in [2.24, 2.45) is 11.1 Å². The van der Waals surface area contributed by atoms with Gasteiger partial charge in [-0.25, -0.2) is 13.1 Å². The van der Waals surface area contributed by atoms with Gasteiger partial charge in [0.25, 0.3) is 0 Å². The van der Waals surface area contributed by atoms with Gasteiger partial charge >= 0.3 is 0 Å². The molecule has 0 aliphatic rings. The lowest BCUT2D eigenvalue weighted by Crippen LogP contribution is -2.41. The van der Waals surface area contributed by atoms with Gasteiger partial charge in [0, 0.05) is 17.1 Å². The highest BCUT2D eigenvalue weighted by Crippen LogP contribution is 2.27. The highest BCUT2D eigenvalue weighted by molar-refractivity contribution is 9.10. The van der Waals surface area contributed by atoms with Crippen molar-refractivity contribution in [3.8, 4) is 0 Å². The van der Waals surface area contributed by atoms with Crippen molar-refractivity contribution in [1.82, 2.24) is 4.72 Å². The smallest absolute Gasteiger partial charge is 0.241 e. The number of sulfonamides is 1. The van der Waals surface area contributed by atoms with E-state index in [9.17, 15) is 8.42 Å². The summed E-state index contributed by atoms with van der Waals surface area (Å²) in [5.74, 6) is 0. The van der Waals surface area contributed by atoms with Crippen LogP contribution in [0.5, 0.6) is 0 Å². The zero-order chi connectivity index (χ0) is 15.7. The van der Waals surface area contributed by atoms with Crippen LogP contribution in [0.15, 0.2) is 21.5 Å². The fourth-order valence-electron chi connectivity index (χ4n) is 1.58. The van der Waals surface area contributed by atoms with Crippen LogP contribution in [0.2, 0.25) is 0 Å². The quantitative estimate of drug-likeness (QED) is 0.864. The van der Waals surface area contributed by atoms with E-state index < -0.39 is 10.0 Å². The summed E-state index contributed by atoms with van der Waals surface area (Å²) in [5, 5.41) is 0. The molecule has 0 bridgehead atoms. The van der Waals surface area contributed by atoms with Crippen LogP contribution in [0.25, 0.3) is 0 Å². The Morgan fingerprint density at radius 1 is 1.35 bits per heavy atom. The Balaban J connectivity index is 3.26. The van der Waals surface area contributed by atoms with E-state index in [2.05, 4.69) is 20.7 Å². The summed E-state index contributed by atoms with van der Waals surface area (Å²) in [6, 6.07) is 3.31. The van der Waals surface area contributed by atoms with Crippen molar-refractivity contribution in [3.05, 3.63) is 27.7 Å². The maximum absolute atomic E-state index is 12.6. The topological polar surface area (TPSA) is 72.2 Å². The lowest BCUT2D eigenvalue weighted by atomic mass is 9.89. The molecule has 1 unspecified atom stereocenters. The van der Waals surface area contributed by atoms with E-state index in [0.29, 0.717) is 12.1 Å². The summed E-state index contributed by atoms with van der Waals surface area (Å²) in [5.41, 5.74) is 6.94. The van der Waals surface area contributed by atoms with Gasteiger partial charge in [-0.15, -0.1) is 0 Å². The molecule has 0 spiro atoms. The molecule has 6 heteroatoms. The Kier molecular flexibility index (Phi) is 5.40. The van der Waals surface area contributed by atoms with Gasteiger partial charge < -0.3 is 5.73 Å². The molecular formula is C14H23BrN2O2S. The predicted molar refractivity (Wildman–Crippen MR) is 86.0 cm³/mol. The fraction of sp³-hybridized carbons (Fsp3) is 0.571. The summed E-state index contributed by atoms with van der Waals surface area (Å²) >= 11 is 3.39. The number of hydrogen-bond donors (Lipinski definition) is 2. The molecule has 0 radical (unpaired) electrons. The van der Waals surface area contributed by atoms with Crippen LogP contribution in [0.3, 0.4) is 0 Å². The van der Waals surface area contributed by atoms with Crippen LogP contribution in [0.4, 0.5) is 0 Å². The molecular weight excluding hydrogens is 340 g/mol. The minimum atomic E-state index is -3.56. The third-order valence-electron chi connectivity index (χ3n) is 3.51. The molecule has 0 saturated heterocycles. The Hall–Kier alpha value is -0.430. The van der Waals surface area contributed by atoms with Crippen molar-refractivity contribution in [2.75, 3.05) is 0 Å². The molecule has 1 atom stereocenters. The van der Waals surface area contributed by atoms with Crippen LogP contribution >= 0.6 is 15.9 Å². The zero-order valence-corrected chi connectivity index (χ0v) is 15.0. The average Bonchev–Trinajstić information content (AvgIpc) is 2.30. The Morgan fingerprint density at radius 3 is 2.35 bits per heavy atom. The Morgan fingerprint density at radius 2 is 1.90 bits per heavy atom. The minimum Gasteiger partial charge on any atom is -0.326 e. The molecule has 3 N–H and O–H groups in total. The molecule has 1 aromatic rings. The second-order valence-corrected chi connectivity index (χ2v) is 8.65. The second-order valence-electron chi connectivity index (χ2n) is 6.11. The van der Waals surface area contributed by atoms with Crippen molar-refractivity contribution in [3.63, 3.8) is 0 Å². The second kappa shape index (κ2) is 6.13. The first kappa shape index (κ1) is 17.6. The highest BCUT2D eigenvalue weighted by atomic mass is 79.9. The minimum absolute atomic E-state index is 0.149. The van der Waals surface area contributed by atoms with E-state index >= 15 is 0 Å². The third kappa shape index (κ3) is 4.04. The molecule has 0 fully saturated rings. The Bertz CT molecular complexity index is 592. The van der Waals surface area contributed by atoms with Gasteiger partial charge in [-0.1, -0.05) is 36.7 Å². The van der Waals surface area contributed by atoms with Crippen molar-refractivity contribution < 1.29 is 8.42 Å². The molecule has 114 valence electrons. The molecule has 0 aliphatic heterocycles. The number of rotatable bonds is 4. The maximum Gasteiger partial charge on any atom is 0.241 e. The van der Waals surface area contributed by atoms with Crippen LogP contribution in [-0.4, -0.2) is 14.5 Å². The van der Waals surface area contributed by atoms with Gasteiger partial charge in [-0.3, -0.25) is 0 Å². The van der Waals surface area contributed by atoms with Crippen molar-refractivity contribution >= 4 is 26.0 Å². The fourth-order valence-corrected chi connectivity index (χ4v) is 3.98. The first-order valence-electron chi connectivity index (χ1n) is 6.50. The van der Waals surface area contributed by atoms with Crippen LogP contribution in [0.1, 0.15) is 38.8 Å². The third-order valence-corrected chi connectivity index (χ3v) is 6.00. The van der Waals surface area contributed by atoms with Crippen LogP contribution in [0, 0.1) is 12.3 Å². The number of nitrogens with two attached hydrogens (primary N) is 1. The highest BCUT2D eigenvalue weighted by Gasteiger charge is 2.27. The van der Waals surface area contributed by atoms with Crippen LogP contribution < -0.4 is 10.5 Å². The van der Waals surface area contributed by atoms with Gasteiger partial charge in [0.1, 0.15) is 0 Å². The molecule has 20 heavy (non-hydrogen) atoms. The first-order valence-corrected chi connectivity index (χ1v) is 8.78. The van der Waals surface area contributed by atoms with Gasteiger partial charge in [0.2, 0.25) is 10.0 Å². The van der Waals surface area contributed by atoms with Gasteiger partial charge in [-0.05, 0) is 42.5 Å². The molecule has 0 aliphatic carbocycles. The standard InChI is InChI=1S/C14H23BrN2O2S/c1-9-12(15)6-11(8-16)7-13(9)20(18,19)17-10(2)14(3,4)5/h6-7,10,17H,8,16H2,1-5H3. The number of halogens is 1. The molecule has 1 aromatic carbocycles. The number of hydrogen-bond acceptors (Lipinski definition) is 3. The van der Waals surface area contributed by atoms with Crippen LogP contribution in [-0.2, 0) is 16.6 Å². The first-order chi connectivity index (χ1) is 8.99. The molecule has 0 aromatic heterocycles. The summed E-state index contributed by atoms with van der Waals surface area (Å²) in [7, 11) is -3.56. The lowest BCUT2D eigenvalue weighted by Gasteiger charge is -2.28. The molecule has 0 saturated carbocycles. The van der Waals surface area contributed by atoms with Gasteiger partial charge in [0.05, 0.1) is 4.90 Å². The van der Waals surface area contributed by atoms with E-state index in [1.54, 1.807) is 13.0 Å². The van der Waals surface area contributed by atoms with E-state index in [-0.39, 0.29) is 16.4 Å². The average molecular weight is 363 g/mol. The SMILES string of the molecule is Cc1c(Br)cc(CN)cc1S(=O)(=O)NC(C)C(C)(C)C. The van der Waals surface area contributed by atoms with E-state index in [4.69, 9.17) is 5.73 Å². The maximum atomic E-state index is 12.6. The Labute approximate surface area is 130 Å².